The van der Waals surface area contributed by atoms with E-state index < -0.39 is 0 Å². The van der Waals surface area contributed by atoms with Crippen molar-refractivity contribution in [2.45, 2.75) is 24.4 Å². The number of nitrogens with one attached hydrogen (secondary N) is 1. The Morgan fingerprint density at radius 1 is 1.17 bits per heavy atom. The fourth-order valence-electron chi connectivity index (χ4n) is 3.05. The summed E-state index contributed by atoms with van der Waals surface area (Å²) in [4.78, 5) is 14.7. The van der Waals surface area contributed by atoms with Crippen LogP contribution in [0.25, 0.3) is 11.0 Å². The molecule has 0 radical (unpaired) electrons. The molecular weight excluding hydrogens is 384 g/mol. The third-order valence-corrected chi connectivity index (χ3v) is 5.59. The molecule has 0 saturated carbocycles. The lowest BCUT2D eigenvalue weighted by molar-refractivity contribution is 0.221. The van der Waals surface area contributed by atoms with Crippen LogP contribution in [0.2, 0.25) is 0 Å². The minimum absolute atomic E-state index is 0.609. The van der Waals surface area contributed by atoms with Gasteiger partial charge in [-0.1, -0.05) is 23.9 Å². The first-order valence-corrected chi connectivity index (χ1v) is 10.5. The fourth-order valence-corrected chi connectivity index (χ4v) is 3.96. The number of H-pyrrole nitrogens is 1. The van der Waals surface area contributed by atoms with Gasteiger partial charge in [0.2, 0.25) is 0 Å². The van der Waals surface area contributed by atoms with Gasteiger partial charge in [-0.3, -0.25) is 9.88 Å². The maximum absolute atomic E-state index is 6.02. The van der Waals surface area contributed by atoms with E-state index in [2.05, 4.69) is 33.8 Å². The molecule has 150 valence electrons. The summed E-state index contributed by atoms with van der Waals surface area (Å²) < 4.78 is 11.4. The van der Waals surface area contributed by atoms with Gasteiger partial charge in [0.25, 0.3) is 0 Å². The number of pyridine rings is 1. The lowest BCUT2D eigenvalue weighted by atomic mass is 10.2. The molecule has 4 rings (SSSR count). The molecule has 0 amide bonds. The van der Waals surface area contributed by atoms with Crippen molar-refractivity contribution < 1.29 is 9.15 Å². The second-order valence-electron chi connectivity index (χ2n) is 6.89. The summed E-state index contributed by atoms with van der Waals surface area (Å²) in [6.07, 6.45) is 3.51. The van der Waals surface area contributed by atoms with Gasteiger partial charge in [-0.25, -0.2) is 4.98 Å². The molecule has 7 heteroatoms. The minimum atomic E-state index is 0.609. The normalized spacial score (nSPS) is 11.4. The van der Waals surface area contributed by atoms with E-state index in [1.54, 1.807) is 18.0 Å². The number of hydrogen-bond donors (Lipinski definition) is 1. The SMILES string of the molecule is Cc1c(OCCN(C)Cc2ccco2)ccnc1CSc1nc2ccccc2[nH]1. The number of hydrogen-bond acceptors (Lipinski definition) is 6. The van der Waals surface area contributed by atoms with Crippen LogP contribution in [0, 0.1) is 6.92 Å². The van der Waals surface area contributed by atoms with E-state index in [1.807, 2.05) is 48.7 Å². The largest absolute Gasteiger partial charge is 0.492 e. The maximum Gasteiger partial charge on any atom is 0.166 e. The molecule has 0 unspecified atom stereocenters. The number of ether oxygens (including phenoxy) is 1. The molecule has 6 nitrogen and oxygen atoms in total. The van der Waals surface area contributed by atoms with E-state index in [4.69, 9.17) is 9.15 Å². The number of benzene rings is 1. The Hall–Kier alpha value is -2.77. The smallest absolute Gasteiger partial charge is 0.166 e. The average molecular weight is 409 g/mol. The van der Waals surface area contributed by atoms with E-state index >= 15 is 0 Å². The van der Waals surface area contributed by atoms with Gasteiger partial charge in [-0.15, -0.1) is 0 Å². The zero-order chi connectivity index (χ0) is 20.1. The quantitative estimate of drug-likeness (QED) is 0.406. The third kappa shape index (κ3) is 4.99. The average Bonchev–Trinajstić information content (AvgIpc) is 3.37. The lowest BCUT2D eigenvalue weighted by Gasteiger charge is -2.17. The molecule has 1 aromatic carbocycles. The molecule has 0 aliphatic rings. The summed E-state index contributed by atoms with van der Waals surface area (Å²) in [5, 5.41) is 0.901. The van der Waals surface area contributed by atoms with Gasteiger partial charge < -0.3 is 14.1 Å². The number of likely N-dealkylation sites (N-methyl/N-ethyl adjacent to an activating group) is 1. The van der Waals surface area contributed by atoms with Crippen LogP contribution in [0.1, 0.15) is 17.0 Å². The van der Waals surface area contributed by atoms with Crippen LogP contribution in [-0.4, -0.2) is 40.1 Å². The second kappa shape index (κ2) is 9.15. The van der Waals surface area contributed by atoms with Crippen molar-refractivity contribution in [2.24, 2.45) is 0 Å². The minimum Gasteiger partial charge on any atom is -0.492 e. The highest BCUT2D eigenvalue weighted by Gasteiger charge is 2.10. The van der Waals surface area contributed by atoms with Crippen molar-refractivity contribution in [2.75, 3.05) is 20.2 Å². The Kier molecular flexibility index (Phi) is 6.17. The van der Waals surface area contributed by atoms with Gasteiger partial charge in [-0.2, -0.15) is 0 Å². The van der Waals surface area contributed by atoms with E-state index in [0.717, 1.165) is 57.8 Å². The van der Waals surface area contributed by atoms with Crippen LogP contribution in [0.4, 0.5) is 0 Å². The Balaban J connectivity index is 1.31. The van der Waals surface area contributed by atoms with Crippen LogP contribution in [0.15, 0.2) is 64.5 Å². The first kappa shape index (κ1) is 19.5. The topological polar surface area (TPSA) is 67.2 Å². The van der Waals surface area contributed by atoms with Gasteiger partial charge in [0.15, 0.2) is 5.16 Å². The summed E-state index contributed by atoms with van der Waals surface area (Å²) in [6.45, 7) is 4.25. The molecule has 0 fully saturated rings. The molecule has 1 N–H and O–H groups in total. The predicted octanol–water partition coefficient (Wildman–Crippen LogP) is 4.66. The van der Waals surface area contributed by atoms with Crippen LogP contribution >= 0.6 is 11.8 Å². The van der Waals surface area contributed by atoms with E-state index in [0.29, 0.717) is 6.61 Å². The number of thioether (sulfide) groups is 1. The van der Waals surface area contributed by atoms with E-state index in [-0.39, 0.29) is 0 Å². The van der Waals surface area contributed by atoms with Crippen molar-refractivity contribution in [1.82, 2.24) is 19.9 Å². The molecule has 0 bridgehead atoms. The summed E-state index contributed by atoms with van der Waals surface area (Å²) in [7, 11) is 2.06. The number of aromatic nitrogens is 3. The van der Waals surface area contributed by atoms with E-state index in [1.165, 1.54) is 0 Å². The van der Waals surface area contributed by atoms with Gasteiger partial charge >= 0.3 is 0 Å². The van der Waals surface area contributed by atoms with Crippen molar-refractivity contribution >= 4 is 22.8 Å². The van der Waals surface area contributed by atoms with Gasteiger partial charge in [0, 0.05) is 24.1 Å². The van der Waals surface area contributed by atoms with Crippen molar-refractivity contribution in [1.29, 1.82) is 0 Å². The number of fused-ring (bicyclic) bond motifs is 1. The van der Waals surface area contributed by atoms with Gasteiger partial charge in [-0.05, 0) is 44.3 Å². The number of nitrogens with zero attached hydrogens (tertiary/aromatic N) is 3. The van der Waals surface area contributed by atoms with Crippen LogP contribution in [0.3, 0.4) is 0 Å². The number of para-hydroxylation sites is 2. The van der Waals surface area contributed by atoms with Gasteiger partial charge in [0.1, 0.15) is 18.1 Å². The van der Waals surface area contributed by atoms with Gasteiger partial charge in [0.05, 0.1) is 29.5 Å². The van der Waals surface area contributed by atoms with E-state index in [9.17, 15) is 0 Å². The fraction of sp³-hybridized carbons (Fsp3) is 0.273. The molecular formula is C22H24N4O2S. The molecule has 0 aliphatic carbocycles. The Morgan fingerprint density at radius 3 is 2.90 bits per heavy atom. The number of imidazole rings is 1. The lowest BCUT2D eigenvalue weighted by Crippen LogP contribution is -2.23. The molecule has 3 heterocycles. The molecule has 0 spiro atoms. The standard InChI is InChI=1S/C22H24N4O2S/c1-16-20(15-29-22-24-18-7-3-4-8-19(18)25-22)23-10-9-21(16)28-13-11-26(2)14-17-6-5-12-27-17/h3-10,12H,11,13-15H2,1-2H3,(H,24,25). The third-order valence-electron chi connectivity index (χ3n) is 4.71. The number of furan rings is 1. The van der Waals surface area contributed by atoms with Crippen molar-refractivity contribution in [3.8, 4) is 5.75 Å². The van der Waals surface area contributed by atoms with Crippen LogP contribution < -0.4 is 4.74 Å². The highest BCUT2D eigenvalue weighted by atomic mass is 32.2. The van der Waals surface area contributed by atoms with Crippen LogP contribution in [-0.2, 0) is 12.3 Å². The van der Waals surface area contributed by atoms with Crippen molar-refractivity contribution in [3.05, 3.63) is 71.9 Å². The molecule has 0 aliphatic heterocycles. The molecule has 3 aromatic heterocycles. The Bertz CT molecular complexity index is 1030. The molecule has 29 heavy (non-hydrogen) atoms. The number of aromatic amines is 1. The molecule has 0 atom stereocenters. The Labute approximate surface area is 174 Å². The zero-order valence-electron chi connectivity index (χ0n) is 16.6. The first-order chi connectivity index (χ1) is 14.2. The second-order valence-corrected chi connectivity index (χ2v) is 7.86. The summed E-state index contributed by atoms with van der Waals surface area (Å²) >= 11 is 1.65. The summed E-state index contributed by atoms with van der Waals surface area (Å²) in [6, 6.07) is 13.9. The molecule has 0 saturated heterocycles. The van der Waals surface area contributed by atoms with Crippen molar-refractivity contribution in [3.63, 3.8) is 0 Å². The summed E-state index contributed by atoms with van der Waals surface area (Å²) in [5.41, 5.74) is 4.12. The predicted molar refractivity (Wildman–Crippen MR) is 115 cm³/mol. The number of rotatable bonds is 9. The van der Waals surface area contributed by atoms with Crippen LogP contribution in [0.5, 0.6) is 5.75 Å². The highest BCUT2D eigenvalue weighted by molar-refractivity contribution is 7.98. The molecule has 4 aromatic rings. The highest BCUT2D eigenvalue weighted by Crippen LogP contribution is 2.27. The maximum atomic E-state index is 6.02. The first-order valence-electron chi connectivity index (χ1n) is 9.55. The summed E-state index contributed by atoms with van der Waals surface area (Å²) in [5.74, 6) is 2.57. The Morgan fingerprint density at radius 2 is 2.07 bits per heavy atom. The monoisotopic (exact) mass is 408 g/mol. The zero-order valence-corrected chi connectivity index (χ0v) is 17.4.